The summed E-state index contributed by atoms with van der Waals surface area (Å²) >= 11 is 0. The van der Waals surface area contributed by atoms with E-state index < -0.39 is 0 Å². The summed E-state index contributed by atoms with van der Waals surface area (Å²) in [4.78, 5) is 15.0. The zero-order valence-corrected chi connectivity index (χ0v) is 13.2. The highest BCUT2D eigenvalue weighted by Crippen LogP contribution is 2.36. The van der Waals surface area contributed by atoms with Crippen molar-refractivity contribution in [2.45, 2.75) is 56.8 Å². The summed E-state index contributed by atoms with van der Waals surface area (Å²) in [6, 6.07) is 0.224. The Kier molecular flexibility index (Phi) is 4.38. The Labute approximate surface area is 132 Å². The summed E-state index contributed by atoms with van der Waals surface area (Å²) in [6.45, 7) is 3.66. The highest BCUT2D eigenvalue weighted by molar-refractivity contribution is 5.79. The molecule has 0 spiro atoms. The summed E-state index contributed by atoms with van der Waals surface area (Å²) in [5, 5.41) is 0. The second-order valence-corrected chi connectivity index (χ2v) is 7.21. The minimum Gasteiger partial charge on any atom is -0.381 e. The maximum Gasteiger partial charge on any atom is 0.226 e. The lowest BCUT2D eigenvalue weighted by atomic mass is 9.97. The lowest BCUT2D eigenvalue weighted by Crippen LogP contribution is -2.49. The Morgan fingerprint density at radius 3 is 2.64 bits per heavy atom. The minimum atomic E-state index is 0.0897. The van der Waals surface area contributed by atoms with E-state index in [1.807, 2.05) is 0 Å². The van der Waals surface area contributed by atoms with Gasteiger partial charge in [0.25, 0.3) is 0 Å². The average Bonchev–Trinajstić information content (AvgIpc) is 3.30. The third-order valence-electron chi connectivity index (χ3n) is 5.63. The van der Waals surface area contributed by atoms with E-state index in [9.17, 15) is 4.79 Å². The van der Waals surface area contributed by atoms with Crippen LogP contribution in [0.2, 0.25) is 0 Å². The standard InChI is InChI=1S/C17H27NO4/c19-17(13-5-8-20-9-6-13)18-7-10-21-15-4-3-14(18)16(15)22-11-12-1-2-12/h12-16H,1-11H2/t14-,15-,16+/m0/s1. The largest absolute Gasteiger partial charge is 0.381 e. The zero-order valence-electron chi connectivity index (χ0n) is 13.2. The first-order chi connectivity index (χ1) is 10.8. The van der Waals surface area contributed by atoms with Crippen LogP contribution in [0.5, 0.6) is 0 Å². The molecule has 0 unspecified atom stereocenters. The molecule has 0 aromatic heterocycles. The second kappa shape index (κ2) is 6.46. The molecule has 22 heavy (non-hydrogen) atoms. The molecule has 2 saturated carbocycles. The molecular weight excluding hydrogens is 282 g/mol. The molecule has 3 atom stereocenters. The van der Waals surface area contributed by atoms with E-state index in [-0.39, 0.29) is 24.2 Å². The molecule has 5 heteroatoms. The molecule has 4 fully saturated rings. The molecule has 2 aliphatic heterocycles. The van der Waals surface area contributed by atoms with Crippen LogP contribution >= 0.6 is 0 Å². The molecule has 0 aromatic carbocycles. The van der Waals surface area contributed by atoms with Gasteiger partial charge in [-0.15, -0.1) is 0 Å². The van der Waals surface area contributed by atoms with Gasteiger partial charge in [-0.1, -0.05) is 0 Å². The van der Waals surface area contributed by atoms with Gasteiger partial charge in [0, 0.05) is 32.3 Å². The molecule has 0 aromatic rings. The number of carbonyl (C=O) groups is 1. The fraction of sp³-hybridized carbons (Fsp3) is 0.941. The summed E-state index contributed by atoms with van der Waals surface area (Å²) in [5.41, 5.74) is 0. The maximum atomic E-state index is 12.9. The van der Waals surface area contributed by atoms with Gasteiger partial charge in [-0.3, -0.25) is 4.79 Å². The van der Waals surface area contributed by atoms with Crippen molar-refractivity contribution >= 4 is 5.91 Å². The molecule has 5 nitrogen and oxygen atoms in total. The Morgan fingerprint density at radius 2 is 1.86 bits per heavy atom. The quantitative estimate of drug-likeness (QED) is 0.791. The molecule has 2 heterocycles. The fourth-order valence-electron chi connectivity index (χ4n) is 4.09. The van der Waals surface area contributed by atoms with E-state index in [1.54, 1.807) is 0 Å². The van der Waals surface area contributed by atoms with E-state index in [4.69, 9.17) is 14.2 Å². The third-order valence-corrected chi connectivity index (χ3v) is 5.63. The van der Waals surface area contributed by atoms with Crippen molar-refractivity contribution in [2.24, 2.45) is 11.8 Å². The fourth-order valence-corrected chi connectivity index (χ4v) is 4.09. The number of ether oxygens (including phenoxy) is 3. The molecule has 0 N–H and O–H groups in total. The van der Waals surface area contributed by atoms with Gasteiger partial charge < -0.3 is 19.1 Å². The Balaban J connectivity index is 1.44. The van der Waals surface area contributed by atoms with Gasteiger partial charge in [0.1, 0.15) is 6.10 Å². The highest BCUT2D eigenvalue weighted by Gasteiger charge is 2.46. The molecule has 2 aliphatic carbocycles. The predicted octanol–water partition coefficient (Wildman–Crippen LogP) is 1.60. The summed E-state index contributed by atoms with van der Waals surface area (Å²) in [5.74, 6) is 1.19. The number of fused-ring (bicyclic) bond motifs is 2. The van der Waals surface area contributed by atoms with Gasteiger partial charge in [-0.05, 0) is 44.4 Å². The Morgan fingerprint density at radius 1 is 1.05 bits per heavy atom. The van der Waals surface area contributed by atoms with Crippen LogP contribution in [0, 0.1) is 11.8 Å². The Bertz CT molecular complexity index is 405. The van der Waals surface area contributed by atoms with Crippen molar-refractivity contribution in [3.05, 3.63) is 0 Å². The Hall–Kier alpha value is -0.650. The van der Waals surface area contributed by atoms with E-state index in [2.05, 4.69) is 4.90 Å². The van der Waals surface area contributed by atoms with Gasteiger partial charge >= 0.3 is 0 Å². The first kappa shape index (κ1) is 14.9. The van der Waals surface area contributed by atoms with Gasteiger partial charge in [0.15, 0.2) is 0 Å². The molecule has 2 saturated heterocycles. The van der Waals surface area contributed by atoms with Crippen LogP contribution in [0.15, 0.2) is 0 Å². The number of rotatable bonds is 4. The van der Waals surface area contributed by atoms with E-state index in [1.165, 1.54) is 12.8 Å². The monoisotopic (exact) mass is 309 g/mol. The van der Waals surface area contributed by atoms with Crippen molar-refractivity contribution in [1.82, 2.24) is 4.90 Å². The molecule has 1 amide bonds. The molecule has 0 radical (unpaired) electrons. The van der Waals surface area contributed by atoms with Crippen molar-refractivity contribution in [3.63, 3.8) is 0 Å². The maximum absolute atomic E-state index is 12.9. The number of hydrogen-bond acceptors (Lipinski definition) is 4. The van der Waals surface area contributed by atoms with Crippen molar-refractivity contribution in [2.75, 3.05) is 33.0 Å². The molecule has 2 bridgehead atoms. The summed E-state index contributed by atoms with van der Waals surface area (Å²) in [7, 11) is 0. The van der Waals surface area contributed by atoms with Crippen LogP contribution in [-0.2, 0) is 19.0 Å². The summed E-state index contributed by atoms with van der Waals surface area (Å²) < 4.78 is 17.6. The van der Waals surface area contributed by atoms with Gasteiger partial charge in [-0.25, -0.2) is 0 Å². The van der Waals surface area contributed by atoms with Crippen LogP contribution < -0.4 is 0 Å². The first-order valence-corrected chi connectivity index (χ1v) is 8.94. The summed E-state index contributed by atoms with van der Waals surface area (Å²) in [6.07, 6.45) is 6.65. The van der Waals surface area contributed by atoms with Crippen LogP contribution in [-0.4, -0.2) is 62.0 Å². The van der Waals surface area contributed by atoms with Crippen LogP contribution in [0.1, 0.15) is 38.5 Å². The van der Waals surface area contributed by atoms with E-state index in [0.29, 0.717) is 12.5 Å². The van der Waals surface area contributed by atoms with Gasteiger partial charge in [-0.2, -0.15) is 0 Å². The van der Waals surface area contributed by atoms with Crippen LogP contribution in [0.25, 0.3) is 0 Å². The zero-order chi connectivity index (χ0) is 14.9. The number of hydrogen-bond donors (Lipinski definition) is 0. The van der Waals surface area contributed by atoms with Crippen LogP contribution in [0.4, 0.5) is 0 Å². The number of carbonyl (C=O) groups excluding carboxylic acids is 1. The topological polar surface area (TPSA) is 48.0 Å². The smallest absolute Gasteiger partial charge is 0.226 e. The van der Waals surface area contributed by atoms with E-state index in [0.717, 1.165) is 58.0 Å². The highest BCUT2D eigenvalue weighted by atomic mass is 16.5. The lowest BCUT2D eigenvalue weighted by molar-refractivity contribution is -0.143. The third kappa shape index (κ3) is 3.03. The predicted molar refractivity (Wildman–Crippen MR) is 80.5 cm³/mol. The normalized spacial score (nSPS) is 36.4. The molecule has 4 aliphatic rings. The van der Waals surface area contributed by atoms with E-state index >= 15 is 0 Å². The van der Waals surface area contributed by atoms with Gasteiger partial charge in [0.05, 0.1) is 18.8 Å². The SMILES string of the molecule is O=C(C1CCOCC1)N1CCO[C@H]2CC[C@H]1[C@H]2OCC1CC1. The number of nitrogens with zero attached hydrogens (tertiary/aromatic N) is 1. The molecule has 124 valence electrons. The van der Waals surface area contributed by atoms with Crippen LogP contribution in [0.3, 0.4) is 0 Å². The first-order valence-electron chi connectivity index (χ1n) is 8.94. The second-order valence-electron chi connectivity index (χ2n) is 7.21. The van der Waals surface area contributed by atoms with Gasteiger partial charge in [0.2, 0.25) is 5.91 Å². The van der Waals surface area contributed by atoms with Crippen molar-refractivity contribution in [3.8, 4) is 0 Å². The van der Waals surface area contributed by atoms with Crippen molar-refractivity contribution < 1.29 is 19.0 Å². The average molecular weight is 309 g/mol. The van der Waals surface area contributed by atoms with Crippen molar-refractivity contribution in [1.29, 1.82) is 0 Å². The lowest BCUT2D eigenvalue weighted by Gasteiger charge is -2.35. The number of amides is 1. The molecular formula is C17H27NO4. The minimum absolute atomic E-state index is 0.0897. The molecule has 4 rings (SSSR count).